The molecule has 0 aliphatic carbocycles. The van der Waals surface area contributed by atoms with Crippen molar-refractivity contribution in [2.45, 2.75) is 13.0 Å². The number of hydrogen-bond donors (Lipinski definition) is 1. The first kappa shape index (κ1) is 15.5. The predicted octanol–water partition coefficient (Wildman–Crippen LogP) is 4.84. The molecule has 106 valence electrons. The number of para-hydroxylation sites is 1. The van der Waals surface area contributed by atoms with E-state index in [1.807, 2.05) is 25.2 Å². The van der Waals surface area contributed by atoms with Crippen LogP contribution in [0.3, 0.4) is 0 Å². The molecule has 0 spiro atoms. The van der Waals surface area contributed by atoms with Crippen LogP contribution < -0.4 is 10.1 Å². The third-order valence-electron chi connectivity index (χ3n) is 3.33. The molecule has 20 heavy (non-hydrogen) atoms. The molecule has 0 saturated heterocycles. The van der Waals surface area contributed by atoms with Gasteiger partial charge in [-0.2, -0.15) is 0 Å². The highest BCUT2D eigenvalue weighted by Crippen LogP contribution is 2.36. The van der Waals surface area contributed by atoms with Crippen molar-refractivity contribution in [3.05, 3.63) is 62.0 Å². The van der Waals surface area contributed by atoms with Crippen LogP contribution in [0.4, 0.5) is 0 Å². The van der Waals surface area contributed by atoms with Crippen molar-refractivity contribution in [1.29, 1.82) is 0 Å². The van der Waals surface area contributed by atoms with Crippen molar-refractivity contribution in [2.75, 3.05) is 14.2 Å². The summed E-state index contributed by atoms with van der Waals surface area (Å²) >= 11 is 7.27. The Morgan fingerprint density at radius 1 is 1.05 bits per heavy atom. The zero-order valence-electron chi connectivity index (χ0n) is 11.7. The van der Waals surface area contributed by atoms with E-state index in [1.165, 1.54) is 11.1 Å². The SMILES string of the molecule is CNC(c1cc(Br)c(C)cc1Br)c1ccccc1OC. The van der Waals surface area contributed by atoms with Crippen molar-refractivity contribution in [1.82, 2.24) is 5.32 Å². The highest BCUT2D eigenvalue weighted by Gasteiger charge is 2.19. The van der Waals surface area contributed by atoms with Gasteiger partial charge in [-0.05, 0) is 43.3 Å². The number of benzene rings is 2. The molecule has 0 radical (unpaired) electrons. The smallest absolute Gasteiger partial charge is 0.123 e. The van der Waals surface area contributed by atoms with Crippen LogP contribution in [-0.2, 0) is 0 Å². The van der Waals surface area contributed by atoms with E-state index in [4.69, 9.17) is 4.74 Å². The van der Waals surface area contributed by atoms with Gasteiger partial charge in [0.2, 0.25) is 0 Å². The second-order valence-electron chi connectivity index (χ2n) is 4.59. The van der Waals surface area contributed by atoms with E-state index in [-0.39, 0.29) is 6.04 Å². The first-order valence-corrected chi connectivity index (χ1v) is 7.92. The summed E-state index contributed by atoms with van der Waals surface area (Å²) in [4.78, 5) is 0. The molecular formula is C16H17Br2NO. The Bertz CT molecular complexity index is 613. The van der Waals surface area contributed by atoms with Crippen molar-refractivity contribution in [3.63, 3.8) is 0 Å². The summed E-state index contributed by atoms with van der Waals surface area (Å²) in [5, 5.41) is 3.37. The van der Waals surface area contributed by atoms with Gasteiger partial charge in [0.25, 0.3) is 0 Å². The third-order valence-corrected chi connectivity index (χ3v) is 4.87. The fourth-order valence-corrected chi connectivity index (χ4v) is 3.31. The number of ether oxygens (including phenoxy) is 1. The minimum absolute atomic E-state index is 0.0671. The molecule has 2 aromatic rings. The van der Waals surface area contributed by atoms with Crippen LogP contribution in [-0.4, -0.2) is 14.2 Å². The highest BCUT2D eigenvalue weighted by atomic mass is 79.9. The Hall–Kier alpha value is -0.840. The first-order valence-electron chi connectivity index (χ1n) is 6.34. The molecule has 0 fully saturated rings. The van der Waals surface area contributed by atoms with Crippen molar-refractivity contribution < 1.29 is 4.74 Å². The van der Waals surface area contributed by atoms with Crippen LogP contribution in [0.25, 0.3) is 0 Å². The fraction of sp³-hybridized carbons (Fsp3) is 0.250. The Kier molecular flexibility index (Phi) is 5.24. The maximum Gasteiger partial charge on any atom is 0.123 e. The molecule has 0 aromatic heterocycles. The number of hydrogen-bond acceptors (Lipinski definition) is 2. The molecule has 4 heteroatoms. The lowest BCUT2D eigenvalue weighted by atomic mass is 9.97. The molecule has 1 unspecified atom stereocenters. The maximum atomic E-state index is 5.48. The van der Waals surface area contributed by atoms with E-state index in [0.717, 1.165) is 20.3 Å². The van der Waals surface area contributed by atoms with E-state index in [9.17, 15) is 0 Å². The molecule has 0 heterocycles. The molecule has 0 bridgehead atoms. The minimum atomic E-state index is 0.0671. The lowest BCUT2D eigenvalue weighted by Crippen LogP contribution is -2.19. The van der Waals surface area contributed by atoms with Gasteiger partial charge in [-0.25, -0.2) is 0 Å². The zero-order chi connectivity index (χ0) is 14.7. The van der Waals surface area contributed by atoms with Gasteiger partial charge in [0.15, 0.2) is 0 Å². The van der Waals surface area contributed by atoms with Crippen molar-refractivity contribution >= 4 is 31.9 Å². The summed E-state index contributed by atoms with van der Waals surface area (Å²) in [7, 11) is 3.66. The van der Waals surface area contributed by atoms with Gasteiger partial charge in [-0.1, -0.05) is 50.1 Å². The van der Waals surface area contributed by atoms with Crippen LogP contribution >= 0.6 is 31.9 Å². The Morgan fingerprint density at radius 3 is 2.40 bits per heavy atom. The average Bonchev–Trinajstić information content (AvgIpc) is 2.45. The number of halogens is 2. The monoisotopic (exact) mass is 397 g/mol. The second-order valence-corrected chi connectivity index (χ2v) is 6.30. The van der Waals surface area contributed by atoms with E-state index in [1.54, 1.807) is 7.11 Å². The summed E-state index contributed by atoms with van der Waals surface area (Å²) < 4.78 is 7.67. The van der Waals surface area contributed by atoms with Gasteiger partial charge in [-0.3, -0.25) is 0 Å². The molecule has 0 saturated carbocycles. The molecule has 0 aliphatic rings. The number of methoxy groups -OCH3 is 1. The Balaban J connectivity index is 2.55. The van der Waals surface area contributed by atoms with Gasteiger partial charge in [0.05, 0.1) is 13.2 Å². The summed E-state index contributed by atoms with van der Waals surface area (Å²) in [6.45, 7) is 2.08. The maximum absolute atomic E-state index is 5.48. The third kappa shape index (κ3) is 3.08. The zero-order valence-corrected chi connectivity index (χ0v) is 14.9. The lowest BCUT2D eigenvalue weighted by Gasteiger charge is -2.21. The molecule has 2 nitrogen and oxygen atoms in total. The number of aryl methyl sites for hydroxylation is 1. The lowest BCUT2D eigenvalue weighted by molar-refractivity contribution is 0.405. The largest absolute Gasteiger partial charge is 0.496 e. The summed E-state index contributed by atoms with van der Waals surface area (Å²) in [6.07, 6.45) is 0. The molecule has 0 aliphatic heterocycles. The standard InChI is InChI=1S/C16H17Br2NO/c1-10-8-14(18)12(9-13(10)17)16(19-2)11-6-4-5-7-15(11)20-3/h4-9,16,19H,1-3H3. The van der Waals surface area contributed by atoms with Crippen molar-refractivity contribution in [3.8, 4) is 5.75 Å². The molecule has 1 atom stereocenters. The minimum Gasteiger partial charge on any atom is -0.496 e. The van der Waals surface area contributed by atoms with E-state index >= 15 is 0 Å². The topological polar surface area (TPSA) is 21.3 Å². The van der Waals surface area contributed by atoms with Crippen molar-refractivity contribution in [2.24, 2.45) is 0 Å². The Morgan fingerprint density at radius 2 is 1.75 bits per heavy atom. The first-order chi connectivity index (χ1) is 9.58. The van der Waals surface area contributed by atoms with Crippen LogP contribution in [0.1, 0.15) is 22.7 Å². The summed E-state index contributed by atoms with van der Waals surface area (Å²) in [5.74, 6) is 0.885. The molecule has 2 aromatic carbocycles. The average molecular weight is 399 g/mol. The van der Waals surface area contributed by atoms with Gasteiger partial charge in [0, 0.05) is 14.5 Å². The quantitative estimate of drug-likeness (QED) is 0.795. The molecular weight excluding hydrogens is 382 g/mol. The van der Waals surface area contributed by atoms with Crippen LogP contribution in [0.2, 0.25) is 0 Å². The highest BCUT2D eigenvalue weighted by molar-refractivity contribution is 9.11. The second kappa shape index (κ2) is 6.74. The molecule has 1 N–H and O–H groups in total. The van der Waals surface area contributed by atoms with Crippen LogP contribution in [0.5, 0.6) is 5.75 Å². The molecule has 2 rings (SSSR count). The van der Waals surface area contributed by atoms with Crippen LogP contribution in [0.15, 0.2) is 45.3 Å². The van der Waals surface area contributed by atoms with E-state index in [0.29, 0.717) is 0 Å². The van der Waals surface area contributed by atoms with E-state index in [2.05, 4.69) is 62.3 Å². The molecule has 0 amide bonds. The number of rotatable bonds is 4. The van der Waals surface area contributed by atoms with Gasteiger partial charge >= 0.3 is 0 Å². The van der Waals surface area contributed by atoms with Gasteiger partial charge < -0.3 is 10.1 Å². The van der Waals surface area contributed by atoms with Gasteiger partial charge in [-0.15, -0.1) is 0 Å². The fourth-order valence-electron chi connectivity index (χ4n) is 2.27. The Labute approximate surface area is 136 Å². The summed E-state index contributed by atoms with van der Waals surface area (Å²) in [5.41, 5.74) is 3.50. The predicted molar refractivity (Wildman–Crippen MR) is 90.5 cm³/mol. The summed E-state index contributed by atoms with van der Waals surface area (Å²) in [6, 6.07) is 12.4. The number of nitrogens with one attached hydrogen (secondary N) is 1. The van der Waals surface area contributed by atoms with E-state index < -0.39 is 0 Å². The normalized spacial score (nSPS) is 12.2. The van der Waals surface area contributed by atoms with Gasteiger partial charge in [0.1, 0.15) is 5.75 Å². The van der Waals surface area contributed by atoms with Crippen LogP contribution in [0, 0.1) is 6.92 Å².